The lowest BCUT2D eigenvalue weighted by Gasteiger charge is -2.08. The van der Waals surface area contributed by atoms with Crippen LogP contribution >= 0.6 is 0 Å². The van der Waals surface area contributed by atoms with E-state index in [1.165, 1.54) is 0 Å². The summed E-state index contributed by atoms with van der Waals surface area (Å²) in [5, 5.41) is 0. The second kappa shape index (κ2) is 6.05. The molecule has 0 amide bonds. The van der Waals surface area contributed by atoms with Gasteiger partial charge in [0.2, 0.25) is 0 Å². The fourth-order valence-corrected chi connectivity index (χ4v) is 1.49. The molecule has 0 saturated carbocycles. The summed E-state index contributed by atoms with van der Waals surface area (Å²) >= 11 is 0. The summed E-state index contributed by atoms with van der Waals surface area (Å²) in [5.74, 6) is 1.67. The first-order valence-corrected chi connectivity index (χ1v) is 5.84. The zero-order valence-electron chi connectivity index (χ0n) is 10.3. The number of benzene rings is 2. The summed E-state index contributed by atoms with van der Waals surface area (Å²) < 4.78 is 11.1. The summed E-state index contributed by atoms with van der Waals surface area (Å²) in [6, 6.07) is 15.3. The molecule has 0 heterocycles. The molecule has 4 heteroatoms. The van der Waals surface area contributed by atoms with E-state index in [1.807, 2.05) is 48.5 Å². The topological polar surface area (TPSA) is 73.7 Å². The Morgan fingerprint density at radius 2 is 0.944 bits per heavy atom. The van der Waals surface area contributed by atoms with Crippen LogP contribution in [0, 0.1) is 0 Å². The molecule has 0 radical (unpaired) electrons. The van der Waals surface area contributed by atoms with Gasteiger partial charge in [0.25, 0.3) is 0 Å². The first-order valence-electron chi connectivity index (χ1n) is 5.84. The highest BCUT2D eigenvalue weighted by molar-refractivity contribution is 5.35. The Labute approximate surface area is 106 Å². The summed E-state index contributed by atoms with van der Waals surface area (Å²) in [6.07, 6.45) is 0. The number of hydrogen-bond acceptors (Lipinski definition) is 2. The molecule has 2 aromatic carbocycles. The highest BCUT2D eigenvalue weighted by atomic mass is 16.5. The molecule has 0 unspecified atom stereocenters. The van der Waals surface area contributed by atoms with Gasteiger partial charge in [-0.05, 0) is 24.3 Å². The van der Waals surface area contributed by atoms with Gasteiger partial charge >= 0.3 is 0 Å². The van der Waals surface area contributed by atoms with E-state index in [4.69, 9.17) is 9.47 Å². The van der Waals surface area contributed by atoms with Gasteiger partial charge in [-0.3, -0.25) is 0 Å². The van der Waals surface area contributed by atoms with Crippen molar-refractivity contribution in [3.8, 4) is 11.5 Å². The average molecular weight is 246 g/mol. The molecule has 2 aromatic rings. The molecule has 6 N–H and O–H groups in total. The average Bonchev–Trinajstić information content (AvgIpc) is 2.39. The molecule has 18 heavy (non-hydrogen) atoms. The van der Waals surface area contributed by atoms with Crippen molar-refractivity contribution < 1.29 is 20.9 Å². The molecule has 0 atom stereocenters. The van der Waals surface area contributed by atoms with Crippen LogP contribution in [0.3, 0.4) is 0 Å². The Morgan fingerprint density at radius 1 is 0.611 bits per heavy atom. The third-order valence-corrected chi connectivity index (χ3v) is 2.47. The summed E-state index contributed by atoms with van der Waals surface area (Å²) in [6.45, 7) is 1.03. The Bertz CT molecular complexity index is 433. The van der Waals surface area contributed by atoms with Gasteiger partial charge in [-0.2, -0.15) is 0 Å². The molecule has 0 fully saturated rings. The third kappa shape index (κ3) is 3.76. The predicted molar refractivity (Wildman–Crippen MR) is 69.0 cm³/mol. The normalized spacial score (nSPS) is 10.1. The van der Waals surface area contributed by atoms with Crippen LogP contribution in [-0.4, -0.2) is 13.2 Å². The molecule has 0 aliphatic carbocycles. The van der Waals surface area contributed by atoms with E-state index in [2.05, 4.69) is 11.5 Å². The van der Waals surface area contributed by atoms with E-state index in [9.17, 15) is 0 Å². The molecular formula is C14H18N2O2+2. The number of ether oxygens (including phenoxy) is 2. The molecule has 2 rings (SSSR count). The first kappa shape index (κ1) is 12.4. The smallest absolute Gasteiger partial charge is 0.128 e. The standard InChI is InChI=1S/C14H16N2O2/c15-11-1-5-13(6-2-11)17-9-10-18-14-7-3-12(16)4-8-14/h1-8H,9-10,15-16H2/p+2. The van der Waals surface area contributed by atoms with Crippen molar-refractivity contribution in [2.45, 2.75) is 0 Å². The number of quaternary nitrogens is 2. The van der Waals surface area contributed by atoms with Crippen molar-refractivity contribution in [3.63, 3.8) is 0 Å². The Morgan fingerprint density at radius 3 is 1.28 bits per heavy atom. The van der Waals surface area contributed by atoms with E-state index >= 15 is 0 Å². The molecule has 0 spiro atoms. The van der Waals surface area contributed by atoms with Crippen LogP contribution in [-0.2, 0) is 0 Å². The fraction of sp³-hybridized carbons (Fsp3) is 0.143. The van der Waals surface area contributed by atoms with Gasteiger partial charge in [-0.1, -0.05) is 0 Å². The lowest BCUT2D eigenvalue weighted by molar-refractivity contribution is -0.255. The van der Waals surface area contributed by atoms with E-state index in [1.54, 1.807) is 0 Å². The summed E-state index contributed by atoms with van der Waals surface area (Å²) in [7, 11) is 0. The van der Waals surface area contributed by atoms with Crippen molar-refractivity contribution in [3.05, 3.63) is 48.5 Å². The van der Waals surface area contributed by atoms with Gasteiger partial charge in [0, 0.05) is 24.3 Å². The zero-order chi connectivity index (χ0) is 12.8. The molecule has 0 bridgehead atoms. The first-order chi connectivity index (χ1) is 8.74. The Hall–Kier alpha value is -2.04. The maximum atomic E-state index is 5.54. The van der Waals surface area contributed by atoms with Crippen LogP contribution in [0.25, 0.3) is 0 Å². The second-order valence-electron chi connectivity index (χ2n) is 3.98. The third-order valence-electron chi connectivity index (χ3n) is 2.47. The summed E-state index contributed by atoms with van der Waals surface area (Å²) in [4.78, 5) is 0. The van der Waals surface area contributed by atoms with Crippen molar-refractivity contribution in [1.82, 2.24) is 0 Å². The van der Waals surface area contributed by atoms with Crippen LogP contribution in [0.1, 0.15) is 0 Å². The van der Waals surface area contributed by atoms with Gasteiger partial charge in [-0.25, -0.2) is 0 Å². The maximum absolute atomic E-state index is 5.54. The van der Waals surface area contributed by atoms with Gasteiger partial charge in [0.05, 0.1) is 0 Å². The highest BCUT2D eigenvalue weighted by Gasteiger charge is 1.97. The minimum Gasteiger partial charge on any atom is -0.490 e. The van der Waals surface area contributed by atoms with Crippen LogP contribution in [0.15, 0.2) is 48.5 Å². The lowest BCUT2D eigenvalue weighted by atomic mass is 10.3. The van der Waals surface area contributed by atoms with Crippen molar-refractivity contribution in [1.29, 1.82) is 0 Å². The second-order valence-corrected chi connectivity index (χ2v) is 3.98. The van der Waals surface area contributed by atoms with Crippen LogP contribution in [0.2, 0.25) is 0 Å². The molecule has 94 valence electrons. The summed E-state index contributed by atoms with van der Waals surface area (Å²) in [5.41, 5.74) is 9.60. The zero-order valence-corrected chi connectivity index (χ0v) is 10.3. The van der Waals surface area contributed by atoms with E-state index in [-0.39, 0.29) is 0 Å². The lowest BCUT2D eigenvalue weighted by Crippen LogP contribution is -2.39. The monoisotopic (exact) mass is 246 g/mol. The van der Waals surface area contributed by atoms with Crippen molar-refractivity contribution in [2.75, 3.05) is 13.2 Å². The molecule has 0 aliphatic rings. The van der Waals surface area contributed by atoms with E-state index < -0.39 is 0 Å². The molecule has 0 saturated heterocycles. The van der Waals surface area contributed by atoms with Gasteiger partial charge in [0.15, 0.2) is 0 Å². The number of hydrogen-bond donors (Lipinski definition) is 2. The van der Waals surface area contributed by atoms with Crippen LogP contribution in [0.5, 0.6) is 11.5 Å². The van der Waals surface area contributed by atoms with Crippen LogP contribution in [0.4, 0.5) is 11.4 Å². The Balaban J connectivity index is 1.73. The van der Waals surface area contributed by atoms with Crippen molar-refractivity contribution >= 4 is 11.4 Å². The highest BCUT2D eigenvalue weighted by Crippen LogP contribution is 2.13. The van der Waals surface area contributed by atoms with Crippen LogP contribution < -0.4 is 20.9 Å². The fourth-order valence-electron chi connectivity index (χ4n) is 1.49. The van der Waals surface area contributed by atoms with Gasteiger partial charge < -0.3 is 20.9 Å². The maximum Gasteiger partial charge on any atom is 0.128 e. The molecule has 4 nitrogen and oxygen atoms in total. The molecule has 0 aliphatic heterocycles. The largest absolute Gasteiger partial charge is 0.490 e. The van der Waals surface area contributed by atoms with Gasteiger partial charge in [0.1, 0.15) is 36.1 Å². The van der Waals surface area contributed by atoms with E-state index in [0.29, 0.717) is 13.2 Å². The molecule has 0 aromatic heterocycles. The van der Waals surface area contributed by atoms with E-state index in [0.717, 1.165) is 22.9 Å². The predicted octanol–water partition coefficient (Wildman–Crippen LogP) is 0.891. The van der Waals surface area contributed by atoms with Gasteiger partial charge in [-0.15, -0.1) is 0 Å². The minimum atomic E-state index is 0.516. The Kier molecular flexibility index (Phi) is 4.17. The number of rotatable bonds is 5. The minimum absolute atomic E-state index is 0.516. The quantitative estimate of drug-likeness (QED) is 0.769. The SMILES string of the molecule is [NH3+]c1ccc(OCCOc2ccc([NH3+])cc2)cc1. The van der Waals surface area contributed by atoms with Crippen molar-refractivity contribution in [2.24, 2.45) is 0 Å². The molecular weight excluding hydrogens is 228 g/mol.